The van der Waals surface area contributed by atoms with Crippen molar-refractivity contribution in [3.05, 3.63) is 72.3 Å². The van der Waals surface area contributed by atoms with Crippen LogP contribution in [0.3, 0.4) is 0 Å². The molecule has 3 heterocycles. The largest absolute Gasteiger partial charge is 0.492 e. The highest BCUT2D eigenvalue weighted by molar-refractivity contribution is 5.76. The van der Waals surface area contributed by atoms with Gasteiger partial charge in [-0.3, -0.25) is 4.90 Å². The zero-order valence-electron chi connectivity index (χ0n) is 21.2. The number of pyridine rings is 1. The van der Waals surface area contributed by atoms with Gasteiger partial charge >= 0.3 is 5.97 Å². The van der Waals surface area contributed by atoms with Crippen molar-refractivity contribution < 1.29 is 14.6 Å². The van der Waals surface area contributed by atoms with Gasteiger partial charge in [-0.2, -0.15) is 0 Å². The van der Waals surface area contributed by atoms with E-state index in [9.17, 15) is 9.90 Å². The molecule has 0 fully saturated rings. The number of carboxylic acids is 1. The summed E-state index contributed by atoms with van der Waals surface area (Å²) in [5, 5.41) is 16.1. The normalized spacial score (nSPS) is 13.4. The van der Waals surface area contributed by atoms with Crippen LogP contribution in [0, 0.1) is 0 Å². The smallest absolute Gasteiger partial charge is 0.326 e. The van der Waals surface area contributed by atoms with E-state index in [1.54, 1.807) is 12.3 Å². The van der Waals surface area contributed by atoms with Gasteiger partial charge in [0, 0.05) is 31.5 Å². The molecule has 0 aliphatic carbocycles. The summed E-state index contributed by atoms with van der Waals surface area (Å²) in [5.74, 6) is 1.49. The number of ether oxygens (including phenoxy) is 1. The number of hydrogen-bond acceptors (Lipinski definition) is 8. The first kappa shape index (κ1) is 26.3. The Hall–Kier alpha value is -3.72. The van der Waals surface area contributed by atoms with Gasteiger partial charge in [0.2, 0.25) is 0 Å². The lowest BCUT2D eigenvalue weighted by Crippen LogP contribution is -2.37. The number of carbonyl (C=O) groups is 1. The molecule has 0 saturated carbocycles. The quantitative estimate of drug-likeness (QED) is 0.265. The van der Waals surface area contributed by atoms with E-state index in [0.717, 1.165) is 69.0 Å². The molecule has 1 aromatic carbocycles. The highest BCUT2D eigenvalue weighted by Crippen LogP contribution is 2.20. The van der Waals surface area contributed by atoms with Gasteiger partial charge in [0.25, 0.3) is 0 Å². The van der Waals surface area contributed by atoms with Crippen LogP contribution >= 0.6 is 0 Å². The number of para-hydroxylation sites is 1. The minimum Gasteiger partial charge on any atom is -0.492 e. The molecule has 196 valence electrons. The second-order valence-corrected chi connectivity index (χ2v) is 9.22. The second-order valence-electron chi connectivity index (χ2n) is 9.22. The molecular formula is C28H36N6O3. The van der Waals surface area contributed by atoms with E-state index in [1.165, 1.54) is 11.9 Å². The third-order valence-electron chi connectivity index (χ3n) is 6.46. The summed E-state index contributed by atoms with van der Waals surface area (Å²) in [6, 6.07) is 15.0. The third kappa shape index (κ3) is 8.71. The fraction of sp³-hybridized carbons (Fsp3) is 0.429. The topological polar surface area (TPSA) is 112 Å². The van der Waals surface area contributed by atoms with Gasteiger partial charge in [0.15, 0.2) is 0 Å². The Morgan fingerprint density at radius 3 is 2.81 bits per heavy atom. The summed E-state index contributed by atoms with van der Waals surface area (Å²) in [7, 11) is 0. The molecule has 4 rings (SSSR count). The molecule has 0 saturated heterocycles. The van der Waals surface area contributed by atoms with Crippen LogP contribution in [0.5, 0.6) is 5.75 Å². The molecule has 1 unspecified atom stereocenters. The van der Waals surface area contributed by atoms with Crippen molar-refractivity contribution in [2.24, 2.45) is 0 Å². The SMILES string of the molecule is O=C(O)C(CCN(CCCCc1ccc2c(n1)NCCC2)CCOc1ccccc1)Nc1ccncn1. The highest BCUT2D eigenvalue weighted by atomic mass is 16.5. The molecule has 0 amide bonds. The number of rotatable bonds is 15. The van der Waals surface area contributed by atoms with Crippen LogP contribution in [-0.4, -0.2) is 69.8 Å². The molecule has 9 nitrogen and oxygen atoms in total. The Morgan fingerprint density at radius 1 is 1.11 bits per heavy atom. The van der Waals surface area contributed by atoms with Crippen LogP contribution in [0.4, 0.5) is 11.6 Å². The van der Waals surface area contributed by atoms with Crippen molar-refractivity contribution in [3.8, 4) is 5.75 Å². The number of benzene rings is 1. The van der Waals surface area contributed by atoms with Crippen molar-refractivity contribution in [2.45, 2.75) is 44.6 Å². The van der Waals surface area contributed by atoms with E-state index < -0.39 is 12.0 Å². The van der Waals surface area contributed by atoms with Gasteiger partial charge in [-0.25, -0.2) is 19.7 Å². The monoisotopic (exact) mass is 504 g/mol. The number of carboxylic acid groups (broad SMARTS) is 1. The fourth-order valence-electron chi connectivity index (χ4n) is 4.42. The molecule has 1 aliphatic rings. The van der Waals surface area contributed by atoms with Gasteiger partial charge in [-0.1, -0.05) is 24.3 Å². The lowest BCUT2D eigenvalue weighted by Gasteiger charge is -2.24. The lowest BCUT2D eigenvalue weighted by molar-refractivity contribution is -0.138. The van der Waals surface area contributed by atoms with Gasteiger partial charge in [0.05, 0.1) is 0 Å². The van der Waals surface area contributed by atoms with Gasteiger partial charge in [0.1, 0.15) is 36.4 Å². The minimum atomic E-state index is -0.897. The van der Waals surface area contributed by atoms with Crippen LogP contribution in [0.25, 0.3) is 0 Å². The van der Waals surface area contributed by atoms with Crippen molar-refractivity contribution in [1.29, 1.82) is 0 Å². The maximum atomic E-state index is 11.9. The average Bonchev–Trinajstić information content (AvgIpc) is 2.93. The van der Waals surface area contributed by atoms with Gasteiger partial charge in [-0.15, -0.1) is 0 Å². The standard InChI is InChI=1S/C28H36N6O3/c35-28(36)25(33-26-13-16-29-21-31-26)14-18-34(19-20-37-24-9-2-1-3-10-24)17-5-4-8-23-12-11-22-7-6-15-30-27(22)32-23/h1-3,9-13,16,21,25H,4-8,14-15,17-20H2,(H,30,32)(H,35,36)(H,29,31,33). The number of hydrogen-bond donors (Lipinski definition) is 3. The Morgan fingerprint density at radius 2 is 2.00 bits per heavy atom. The minimum absolute atomic E-state index is 0.447. The maximum Gasteiger partial charge on any atom is 0.326 e. The number of unbranched alkanes of at least 4 members (excludes halogenated alkanes) is 1. The summed E-state index contributed by atoms with van der Waals surface area (Å²) in [6.45, 7) is 3.75. The molecule has 37 heavy (non-hydrogen) atoms. The lowest BCUT2D eigenvalue weighted by atomic mass is 10.1. The van der Waals surface area contributed by atoms with Gasteiger partial charge in [-0.05, 0) is 74.9 Å². The predicted molar refractivity (Wildman–Crippen MR) is 144 cm³/mol. The first-order chi connectivity index (χ1) is 18.2. The summed E-state index contributed by atoms with van der Waals surface area (Å²) < 4.78 is 5.91. The van der Waals surface area contributed by atoms with Crippen molar-refractivity contribution in [2.75, 3.05) is 43.4 Å². The third-order valence-corrected chi connectivity index (χ3v) is 6.46. The number of aliphatic carboxylic acids is 1. The van der Waals surface area contributed by atoms with Crippen molar-refractivity contribution >= 4 is 17.6 Å². The van der Waals surface area contributed by atoms with Crippen LogP contribution < -0.4 is 15.4 Å². The Balaban J connectivity index is 1.28. The first-order valence-corrected chi connectivity index (χ1v) is 13.1. The number of nitrogens with zero attached hydrogens (tertiary/aromatic N) is 4. The van der Waals surface area contributed by atoms with Crippen LogP contribution in [0.2, 0.25) is 0 Å². The van der Waals surface area contributed by atoms with E-state index >= 15 is 0 Å². The zero-order chi connectivity index (χ0) is 25.7. The molecule has 1 atom stereocenters. The van der Waals surface area contributed by atoms with Crippen molar-refractivity contribution in [1.82, 2.24) is 19.9 Å². The van der Waals surface area contributed by atoms with E-state index in [1.807, 2.05) is 30.3 Å². The zero-order valence-corrected chi connectivity index (χ0v) is 21.2. The number of aromatic nitrogens is 3. The molecule has 0 bridgehead atoms. The fourth-order valence-corrected chi connectivity index (χ4v) is 4.42. The van der Waals surface area contributed by atoms with Crippen molar-refractivity contribution in [3.63, 3.8) is 0 Å². The predicted octanol–water partition coefficient (Wildman–Crippen LogP) is 3.89. The molecule has 1 aliphatic heterocycles. The molecule has 9 heteroatoms. The van der Waals surface area contributed by atoms with E-state index in [2.05, 4.69) is 37.6 Å². The summed E-state index contributed by atoms with van der Waals surface area (Å²) in [4.78, 5) is 26.9. The van der Waals surface area contributed by atoms with E-state index in [-0.39, 0.29) is 0 Å². The summed E-state index contributed by atoms with van der Waals surface area (Å²) in [6.07, 6.45) is 8.64. The Bertz CT molecular complexity index is 1100. The van der Waals surface area contributed by atoms with Crippen LogP contribution in [0.1, 0.15) is 36.9 Å². The molecule has 3 N–H and O–H groups in total. The molecule has 0 radical (unpaired) electrons. The maximum absolute atomic E-state index is 11.9. The van der Waals surface area contributed by atoms with Crippen LogP contribution in [0.15, 0.2) is 61.1 Å². The molecule has 2 aromatic heterocycles. The Kier molecular flexibility index (Phi) is 10.1. The molecular weight excluding hydrogens is 468 g/mol. The second kappa shape index (κ2) is 14.1. The van der Waals surface area contributed by atoms with E-state index in [4.69, 9.17) is 9.72 Å². The summed E-state index contributed by atoms with van der Waals surface area (Å²) in [5.41, 5.74) is 2.43. The number of aryl methyl sites for hydroxylation is 2. The first-order valence-electron chi connectivity index (χ1n) is 13.1. The Labute approximate surface area is 218 Å². The number of anilines is 2. The number of nitrogens with one attached hydrogen (secondary N) is 2. The molecule has 0 spiro atoms. The number of fused-ring (bicyclic) bond motifs is 1. The van der Waals surface area contributed by atoms with Crippen LogP contribution in [-0.2, 0) is 17.6 Å². The summed E-state index contributed by atoms with van der Waals surface area (Å²) >= 11 is 0. The van der Waals surface area contributed by atoms with Gasteiger partial charge < -0.3 is 20.5 Å². The highest BCUT2D eigenvalue weighted by Gasteiger charge is 2.19. The average molecular weight is 505 g/mol. The van der Waals surface area contributed by atoms with E-state index in [0.29, 0.717) is 25.4 Å². The molecule has 3 aromatic rings.